The minimum Gasteiger partial charge on any atom is -0.321 e. The van der Waals surface area contributed by atoms with Crippen molar-refractivity contribution in [2.24, 2.45) is 0 Å². The number of hydrogen-bond donors (Lipinski definition) is 3. The Hall–Kier alpha value is -3.91. The molecule has 0 atom stereocenters. The lowest BCUT2D eigenvalue weighted by Crippen LogP contribution is -2.36. The molecule has 0 fully saturated rings. The fourth-order valence-electron chi connectivity index (χ4n) is 3.52. The molecule has 3 aromatic carbocycles. The van der Waals surface area contributed by atoms with Crippen molar-refractivity contribution in [3.63, 3.8) is 0 Å². The van der Waals surface area contributed by atoms with Crippen molar-refractivity contribution < 1.29 is 14.4 Å². The molecule has 8 heteroatoms. The van der Waals surface area contributed by atoms with Gasteiger partial charge in [0.2, 0.25) is 0 Å². The predicted octanol–water partition coefficient (Wildman–Crippen LogP) is 5.29. The third-order valence-electron chi connectivity index (χ3n) is 5.58. The van der Waals surface area contributed by atoms with Crippen molar-refractivity contribution in [2.75, 3.05) is 16.1 Å². The first-order valence-electron chi connectivity index (χ1n) is 10.6. The first kappa shape index (κ1) is 23.3. The number of hydrogen-bond acceptors (Lipinski definition) is 3. The largest absolute Gasteiger partial charge is 0.328 e. The van der Waals surface area contributed by atoms with Crippen molar-refractivity contribution in [3.05, 3.63) is 93.6 Å². The number of halogens is 1. The summed E-state index contributed by atoms with van der Waals surface area (Å²) in [4.78, 5) is 38.6. The number of carbonyl (C=O) groups excluding carboxylic acids is 3. The second kappa shape index (κ2) is 9.52. The zero-order valence-corrected chi connectivity index (χ0v) is 20.5. The first-order chi connectivity index (χ1) is 16.2. The lowest BCUT2D eigenvalue weighted by atomic mass is 10.1. The summed E-state index contributed by atoms with van der Waals surface area (Å²) in [5.74, 6) is -2.16. The number of rotatable bonds is 4. The summed E-state index contributed by atoms with van der Waals surface area (Å²) >= 11 is 3.43. The third-order valence-corrected chi connectivity index (χ3v) is 6.07. The minimum absolute atomic E-state index is 0.182. The number of aryl methyl sites for hydroxylation is 2. The smallest absolute Gasteiger partial charge is 0.321 e. The molecule has 0 saturated carbocycles. The van der Waals surface area contributed by atoms with E-state index in [9.17, 15) is 14.4 Å². The van der Waals surface area contributed by atoms with Gasteiger partial charge in [0.1, 0.15) is 5.69 Å². The molecule has 0 bridgehead atoms. The molecule has 172 valence electrons. The van der Waals surface area contributed by atoms with Gasteiger partial charge in [0.15, 0.2) is 0 Å². The lowest BCUT2D eigenvalue weighted by molar-refractivity contribution is -0.133. The Morgan fingerprint density at radius 2 is 1.56 bits per heavy atom. The monoisotopic (exact) mass is 518 g/mol. The average molecular weight is 519 g/mol. The van der Waals surface area contributed by atoms with Crippen molar-refractivity contribution in [1.82, 2.24) is 4.68 Å². The Labute approximate surface area is 205 Å². The van der Waals surface area contributed by atoms with E-state index >= 15 is 0 Å². The normalized spacial score (nSPS) is 10.7. The third kappa shape index (κ3) is 4.87. The van der Waals surface area contributed by atoms with Crippen molar-refractivity contribution in [1.29, 1.82) is 0 Å². The maximum Gasteiger partial charge on any atom is 0.328 e. The minimum atomic E-state index is -0.897. The van der Waals surface area contributed by atoms with Crippen molar-refractivity contribution >= 4 is 55.9 Å². The average Bonchev–Trinajstić information content (AvgIpc) is 3.15. The Morgan fingerprint density at radius 1 is 0.824 bits per heavy atom. The Kier molecular flexibility index (Phi) is 6.51. The van der Waals surface area contributed by atoms with E-state index in [0.29, 0.717) is 16.9 Å². The molecule has 0 unspecified atom stereocenters. The molecular weight excluding hydrogens is 496 g/mol. The zero-order valence-electron chi connectivity index (χ0n) is 18.9. The molecule has 3 amide bonds. The molecule has 4 rings (SSSR count). The van der Waals surface area contributed by atoms with E-state index in [2.05, 4.69) is 32.0 Å². The van der Waals surface area contributed by atoms with Crippen LogP contribution >= 0.6 is 15.9 Å². The fourth-order valence-corrected chi connectivity index (χ4v) is 3.90. The highest BCUT2D eigenvalue weighted by Crippen LogP contribution is 2.24. The number of fused-ring (bicyclic) bond motifs is 1. The van der Waals surface area contributed by atoms with Crippen LogP contribution in [-0.4, -0.2) is 22.4 Å². The summed E-state index contributed by atoms with van der Waals surface area (Å²) in [6, 6.07) is 19.9. The van der Waals surface area contributed by atoms with Gasteiger partial charge in [-0.05, 0) is 74.4 Å². The summed E-state index contributed by atoms with van der Waals surface area (Å²) < 4.78 is 2.15. The maximum absolute atomic E-state index is 13.1. The van der Waals surface area contributed by atoms with Gasteiger partial charge in [-0.3, -0.25) is 19.8 Å². The molecule has 0 spiro atoms. The maximum atomic E-state index is 13.1. The van der Waals surface area contributed by atoms with E-state index in [1.807, 2.05) is 45.0 Å². The molecule has 0 aliphatic rings. The Balaban J connectivity index is 1.63. The standard InChI is InChI=1S/C26H23BrN4O3/c1-15-7-10-20(11-8-15)28-24(32)23-14-18-13-19(27)9-12-22(18)31(23)30-26(34)25(33)29-21-6-4-5-16(2)17(21)3/h4-14H,1-3H3,(H,28,32)(H,29,33)(H,30,34). The van der Waals surface area contributed by atoms with E-state index in [4.69, 9.17) is 0 Å². The van der Waals surface area contributed by atoms with E-state index in [-0.39, 0.29) is 5.69 Å². The van der Waals surface area contributed by atoms with E-state index in [1.165, 1.54) is 4.68 Å². The number of carbonyl (C=O) groups is 3. The summed E-state index contributed by atoms with van der Waals surface area (Å²) in [5, 5.41) is 6.20. The predicted molar refractivity (Wildman–Crippen MR) is 138 cm³/mol. The van der Waals surface area contributed by atoms with Gasteiger partial charge in [-0.2, -0.15) is 0 Å². The van der Waals surface area contributed by atoms with Crippen LogP contribution in [0.4, 0.5) is 11.4 Å². The van der Waals surface area contributed by atoms with Crippen molar-refractivity contribution in [2.45, 2.75) is 20.8 Å². The van der Waals surface area contributed by atoms with Gasteiger partial charge >= 0.3 is 11.8 Å². The highest BCUT2D eigenvalue weighted by Gasteiger charge is 2.21. The van der Waals surface area contributed by atoms with Crippen LogP contribution in [0.25, 0.3) is 10.9 Å². The number of nitrogens with one attached hydrogen (secondary N) is 3. The molecule has 1 aromatic heterocycles. The Morgan fingerprint density at radius 3 is 2.29 bits per heavy atom. The van der Waals surface area contributed by atoms with Crippen LogP contribution in [0, 0.1) is 20.8 Å². The van der Waals surface area contributed by atoms with Gasteiger partial charge in [-0.15, -0.1) is 0 Å². The van der Waals surface area contributed by atoms with Gasteiger partial charge < -0.3 is 10.6 Å². The molecular formula is C26H23BrN4O3. The van der Waals surface area contributed by atoms with Crippen LogP contribution in [0.2, 0.25) is 0 Å². The van der Waals surface area contributed by atoms with Crippen LogP contribution in [0.3, 0.4) is 0 Å². The van der Waals surface area contributed by atoms with Crippen molar-refractivity contribution in [3.8, 4) is 0 Å². The lowest BCUT2D eigenvalue weighted by Gasteiger charge is -2.14. The summed E-state index contributed by atoms with van der Waals surface area (Å²) in [5.41, 5.74) is 7.44. The highest BCUT2D eigenvalue weighted by molar-refractivity contribution is 9.10. The molecule has 0 radical (unpaired) electrons. The van der Waals surface area contributed by atoms with Crippen LogP contribution in [0.5, 0.6) is 0 Å². The van der Waals surface area contributed by atoms with Crippen LogP contribution in [-0.2, 0) is 9.59 Å². The van der Waals surface area contributed by atoms with E-state index in [0.717, 1.165) is 26.5 Å². The summed E-state index contributed by atoms with van der Waals surface area (Å²) in [7, 11) is 0. The number of amides is 3. The van der Waals surface area contributed by atoms with Crippen LogP contribution in [0.1, 0.15) is 27.2 Å². The van der Waals surface area contributed by atoms with Gasteiger partial charge in [0.25, 0.3) is 5.91 Å². The highest BCUT2D eigenvalue weighted by atomic mass is 79.9. The SMILES string of the molecule is Cc1ccc(NC(=O)c2cc3cc(Br)ccc3n2NC(=O)C(=O)Nc2cccc(C)c2C)cc1. The van der Waals surface area contributed by atoms with E-state index in [1.54, 1.807) is 42.5 Å². The van der Waals surface area contributed by atoms with Gasteiger partial charge in [0.05, 0.1) is 5.52 Å². The van der Waals surface area contributed by atoms with Gasteiger partial charge in [-0.1, -0.05) is 45.8 Å². The quantitative estimate of drug-likeness (QED) is 0.320. The zero-order chi connectivity index (χ0) is 24.4. The fraction of sp³-hybridized carbons (Fsp3) is 0.115. The van der Waals surface area contributed by atoms with Gasteiger partial charge in [0, 0.05) is 21.2 Å². The molecule has 34 heavy (non-hydrogen) atoms. The summed E-state index contributed by atoms with van der Waals surface area (Å²) in [6.07, 6.45) is 0. The van der Waals surface area contributed by atoms with Crippen LogP contribution in [0.15, 0.2) is 71.2 Å². The number of anilines is 2. The van der Waals surface area contributed by atoms with Crippen LogP contribution < -0.4 is 16.1 Å². The number of benzene rings is 3. The second-order valence-corrected chi connectivity index (χ2v) is 8.95. The molecule has 0 aliphatic carbocycles. The molecule has 0 saturated heterocycles. The summed E-state index contributed by atoms with van der Waals surface area (Å²) in [6.45, 7) is 5.75. The topological polar surface area (TPSA) is 92.2 Å². The molecule has 3 N–H and O–H groups in total. The Bertz CT molecular complexity index is 1420. The number of nitrogens with zero attached hydrogens (tertiary/aromatic N) is 1. The molecule has 1 heterocycles. The second-order valence-electron chi connectivity index (χ2n) is 8.03. The van der Waals surface area contributed by atoms with Gasteiger partial charge in [-0.25, -0.2) is 4.68 Å². The van der Waals surface area contributed by atoms with E-state index < -0.39 is 17.7 Å². The molecule has 0 aliphatic heterocycles. The first-order valence-corrected chi connectivity index (χ1v) is 11.4. The number of aromatic nitrogens is 1. The molecule has 7 nitrogen and oxygen atoms in total. The molecule has 4 aromatic rings.